The molecular weight excluding hydrogens is 336 g/mol. The summed E-state index contributed by atoms with van der Waals surface area (Å²) in [6, 6.07) is 18.6. The van der Waals surface area contributed by atoms with E-state index in [-0.39, 0.29) is 11.9 Å². The van der Waals surface area contributed by atoms with E-state index in [1.54, 1.807) is 7.11 Å². The minimum Gasteiger partial charge on any atom is -0.496 e. The van der Waals surface area contributed by atoms with Gasteiger partial charge < -0.3 is 15.0 Å². The lowest BCUT2D eigenvalue weighted by molar-refractivity contribution is -0.121. The number of hydrogen-bond acceptors (Lipinski definition) is 3. The topological polar surface area (TPSA) is 41.6 Å². The predicted molar refractivity (Wildman–Crippen MR) is 109 cm³/mol. The summed E-state index contributed by atoms with van der Waals surface area (Å²) in [5.74, 6) is 0.856. The molecule has 0 aliphatic carbocycles. The summed E-state index contributed by atoms with van der Waals surface area (Å²) in [4.78, 5) is 15.0. The van der Waals surface area contributed by atoms with Crippen molar-refractivity contribution in [2.45, 2.75) is 38.1 Å². The lowest BCUT2D eigenvalue weighted by Crippen LogP contribution is -2.48. The molecule has 1 fully saturated rings. The molecule has 144 valence electrons. The lowest BCUT2D eigenvalue weighted by atomic mass is 10.0. The van der Waals surface area contributed by atoms with E-state index < -0.39 is 0 Å². The van der Waals surface area contributed by atoms with E-state index in [0.29, 0.717) is 6.42 Å². The van der Waals surface area contributed by atoms with E-state index in [9.17, 15) is 4.79 Å². The van der Waals surface area contributed by atoms with Crippen LogP contribution >= 0.6 is 0 Å². The van der Waals surface area contributed by atoms with Crippen LogP contribution in [0.15, 0.2) is 54.6 Å². The van der Waals surface area contributed by atoms with E-state index in [1.165, 1.54) is 5.56 Å². The molecule has 0 spiro atoms. The number of carbonyl (C=O) groups excluding carboxylic acids is 1. The highest BCUT2D eigenvalue weighted by Crippen LogP contribution is 2.18. The fourth-order valence-electron chi connectivity index (χ4n) is 3.83. The molecule has 1 aliphatic rings. The first-order valence-electron chi connectivity index (χ1n) is 9.92. The van der Waals surface area contributed by atoms with Crippen molar-refractivity contribution in [2.75, 3.05) is 26.7 Å². The van der Waals surface area contributed by atoms with Gasteiger partial charge in [0.05, 0.1) is 13.5 Å². The molecule has 27 heavy (non-hydrogen) atoms. The Bertz CT molecular complexity index is 717. The van der Waals surface area contributed by atoms with Gasteiger partial charge in [-0.25, -0.2) is 0 Å². The summed E-state index contributed by atoms with van der Waals surface area (Å²) in [7, 11) is 1.64. The maximum absolute atomic E-state index is 12.5. The Morgan fingerprint density at radius 3 is 2.74 bits per heavy atom. The maximum Gasteiger partial charge on any atom is 0.224 e. The van der Waals surface area contributed by atoms with Gasteiger partial charge in [0.25, 0.3) is 0 Å². The van der Waals surface area contributed by atoms with Crippen LogP contribution in [0.4, 0.5) is 0 Å². The number of aryl methyl sites for hydroxylation is 1. The van der Waals surface area contributed by atoms with Crippen LogP contribution in [-0.4, -0.2) is 43.6 Å². The van der Waals surface area contributed by atoms with Crippen LogP contribution in [0.1, 0.15) is 30.4 Å². The van der Waals surface area contributed by atoms with E-state index in [2.05, 4.69) is 40.5 Å². The van der Waals surface area contributed by atoms with Crippen molar-refractivity contribution in [3.63, 3.8) is 0 Å². The molecule has 1 unspecified atom stereocenters. The molecule has 2 aromatic rings. The van der Waals surface area contributed by atoms with Gasteiger partial charge in [0.2, 0.25) is 5.91 Å². The molecular formula is C23H30N2O2. The molecule has 1 heterocycles. The minimum atomic E-state index is 0.0793. The quantitative estimate of drug-likeness (QED) is 0.778. The molecule has 1 N–H and O–H groups in total. The molecule has 0 radical (unpaired) electrons. The average molecular weight is 367 g/mol. The third-order valence-corrected chi connectivity index (χ3v) is 5.20. The zero-order chi connectivity index (χ0) is 18.9. The first kappa shape index (κ1) is 19.4. The Kier molecular flexibility index (Phi) is 7.28. The summed E-state index contributed by atoms with van der Waals surface area (Å²) in [5, 5.41) is 3.22. The van der Waals surface area contributed by atoms with Gasteiger partial charge in [-0.2, -0.15) is 0 Å². The molecule has 4 nitrogen and oxygen atoms in total. The van der Waals surface area contributed by atoms with Crippen molar-refractivity contribution >= 4 is 5.91 Å². The number of piperidine rings is 1. The SMILES string of the molecule is COc1ccccc1CC(=O)NC1CCCN(CCCc2ccccc2)C1. The van der Waals surface area contributed by atoms with Crippen molar-refractivity contribution in [1.82, 2.24) is 10.2 Å². The molecule has 1 amide bonds. The van der Waals surface area contributed by atoms with Gasteiger partial charge in [-0.15, -0.1) is 0 Å². The number of hydrogen-bond donors (Lipinski definition) is 1. The Hall–Kier alpha value is -2.33. The Morgan fingerprint density at radius 1 is 1.15 bits per heavy atom. The number of para-hydroxylation sites is 1. The Labute approximate surface area is 162 Å². The van der Waals surface area contributed by atoms with E-state index in [4.69, 9.17) is 4.74 Å². The summed E-state index contributed by atoms with van der Waals surface area (Å²) < 4.78 is 5.35. The second-order valence-electron chi connectivity index (χ2n) is 7.29. The highest BCUT2D eigenvalue weighted by Gasteiger charge is 2.21. The maximum atomic E-state index is 12.5. The lowest BCUT2D eigenvalue weighted by Gasteiger charge is -2.33. The number of methoxy groups -OCH3 is 1. The number of nitrogens with one attached hydrogen (secondary N) is 1. The van der Waals surface area contributed by atoms with Gasteiger partial charge in [0, 0.05) is 18.2 Å². The normalized spacial score (nSPS) is 17.4. The smallest absolute Gasteiger partial charge is 0.224 e. The summed E-state index contributed by atoms with van der Waals surface area (Å²) >= 11 is 0. The number of amides is 1. The molecule has 4 heteroatoms. The van der Waals surface area contributed by atoms with Crippen molar-refractivity contribution in [1.29, 1.82) is 0 Å². The molecule has 1 saturated heterocycles. The van der Waals surface area contributed by atoms with E-state index in [0.717, 1.165) is 56.6 Å². The molecule has 0 aromatic heterocycles. The zero-order valence-electron chi connectivity index (χ0n) is 16.2. The largest absolute Gasteiger partial charge is 0.496 e. The van der Waals surface area contributed by atoms with E-state index in [1.807, 2.05) is 24.3 Å². The molecule has 1 aliphatic heterocycles. The highest BCUT2D eigenvalue weighted by atomic mass is 16.5. The Balaban J connectivity index is 1.43. The molecule has 1 atom stereocenters. The Morgan fingerprint density at radius 2 is 1.93 bits per heavy atom. The monoisotopic (exact) mass is 366 g/mol. The van der Waals surface area contributed by atoms with Crippen LogP contribution in [0.3, 0.4) is 0 Å². The van der Waals surface area contributed by atoms with Gasteiger partial charge in [0.1, 0.15) is 5.75 Å². The van der Waals surface area contributed by atoms with Crippen LogP contribution in [0, 0.1) is 0 Å². The number of carbonyl (C=O) groups is 1. The van der Waals surface area contributed by atoms with E-state index >= 15 is 0 Å². The van der Waals surface area contributed by atoms with Crippen LogP contribution in [-0.2, 0) is 17.6 Å². The number of benzene rings is 2. The minimum absolute atomic E-state index is 0.0793. The number of ether oxygens (including phenoxy) is 1. The van der Waals surface area contributed by atoms with Gasteiger partial charge in [-0.1, -0.05) is 48.5 Å². The second-order valence-corrected chi connectivity index (χ2v) is 7.29. The fourth-order valence-corrected chi connectivity index (χ4v) is 3.83. The summed E-state index contributed by atoms with van der Waals surface area (Å²) in [6.45, 7) is 3.17. The van der Waals surface area contributed by atoms with Crippen LogP contribution < -0.4 is 10.1 Å². The van der Waals surface area contributed by atoms with Crippen LogP contribution in [0.2, 0.25) is 0 Å². The fraction of sp³-hybridized carbons (Fsp3) is 0.435. The predicted octanol–water partition coefficient (Wildman–Crippen LogP) is 3.45. The van der Waals surface area contributed by atoms with Crippen molar-refractivity contribution in [2.24, 2.45) is 0 Å². The molecule has 2 aromatic carbocycles. The summed E-state index contributed by atoms with van der Waals surface area (Å²) in [5.41, 5.74) is 2.34. The second kappa shape index (κ2) is 10.1. The van der Waals surface area contributed by atoms with Gasteiger partial charge in [0.15, 0.2) is 0 Å². The van der Waals surface area contributed by atoms with Gasteiger partial charge in [-0.3, -0.25) is 4.79 Å². The average Bonchev–Trinajstić information content (AvgIpc) is 2.69. The molecule has 3 rings (SSSR count). The number of nitrogens with zero attached hydrogens (tertiary/aromatic N) is 1. The van der Waals surface area contributed by atoms with Crippen LogP contribution in [0.5, 0.6) is 5.75 Å². The first-order valence-corrected chi connectivity index (χ1v) is 9.92. The zero-order valence-corrected chi connectivity index (χ0v) is 16.2. The van der Waals surface area contributed by atoms with Crippen molar-refractivity contribution < 1.29 is 9.53 Å². The van der Waals surface area contributed by atoms with Crippen molar-refractivity contribution in [3.05, 3.63) is 65.7 Å². The van der Waals surface area contributed by atoms with Gasteiger partial charge >= 0.3 is 0 Å². The molecule has 0 bridgehead atoms. The van der Waals surface area contributed by atoms with Crippen LogP contribution in [0.25, 0.3) is 0 Å². The molecule has 0 saturated carbocycles. The summed E-state index contributed by atoms with van der Waals surface area (Å²) in [6.07, 6.45) is 4.85. The highest BCUT2D eigenvalue weighted by molar-refractivity contribution is 5.79. The number of likely N-dealkylation sites (tertiary alicyclic amines) is 1. The van der Waals surface area contributed by atoms with Gasteiger partial charge in [-0.05, 0) is 50.4 Å². The third-order valence-electron chi connectivity index (χ3n) is 5.20. The standard InChI is InChI=1S/C23H30N2O2/c1-27-22-14-6-5-12-20(22)17-23(26)24-21-13-8-16-25(18-21)15-7-11-19-9-3-2-4-10-19/h2-6,9-10,12,14,21H,7-8,11,13,15-18H2,1H3,(H,24,26). The number of rotatable bonds is 8. The first-order chi connectivity index (χ1) is 13.2. The van der Waals surface area contributed by atoms with Crippen molar-refractivity contribution in [3.8, 4) is 5.75 Å². The third kappa shape index (κ3) is 6.10.